The van der Waals surface area contributed by atoms with Gasteiger partial charge in [0.1, 0.15) is 16.5 Å². The van der Waals surface area contributed by atoms with E-state index in [2.05, 4.69) is 17.1 Å². The van der Waals surface area contributed by atoms with E-state index in [9.17, 15) is 4.79 Å². The second-order valence-corrected chi connectivity index (χ2v) is 7.57. The van der Waals surface area contributed by atoms with Crippen molar-refractivity contribution in [2.24, 2.45) is 0 Å². The molecule has 0 bridgehead atoms. The molecule has 0 radical (unpaired) electrons. The molecule has 0 unspecified atom stereocenters. The maximum Gasteiger partial charge on any atom is 0.260 e. The van der Waals surface area contributed by atoms with Gasteiger partial charge in [0, 0.05) is 23.7 Å². The Balaban J connectivity index is 1.96. The van der Waals surface area contributed by atoms with Gasteiger partial charge in [0.2, 0.25) is 5.13 Å². The molecule has 0 aliphatic carbocycles. The van der Waals surface area contributed by atoms with Crippen LogP contribution in [0.25, 0.3) is 10.6 Å². The molecule has 0 saturated carbocycles. The number of nitrogens with zero attached hydrogens (tertiary/aromatic N) is 3. The Morgan fingerprint density at radius 3 is 2.38 bits per heavy atom. The largest absolute Gasteiger partial charge is 0.497 e. The number of benzene rings is 2. The third-order valence-corrected chi connectivity index (χ3v) is 5.59. The van der Waals surface area contributed by atoms with E-state index in [4.69, 9.17) is 9.47 Å². The topological polar surface area (TPSA) is 64.6 Å². The average molecular weight is 412 g/mol. The lowest BCUT2D eigenvalue weighted by Crippen LogP contribution is -2.32. The molecule has 0 aliphatic rings. The first-order valence-corrected chi connectivity index (χ1v) is 10.3. The Kier molecular flexibility index (Phi) is 6.82. The monoisotopic (exact) mass is 411 g/mol. The average Bonchev–Trinajstić information content (AvgIpc) is 3.23. The molecule has 3 aromatic rings. The van der Waals surface area contributed by atoms with E-state index in [1.165, 1.54) is 11.3 Å². The zero-order chi connectivity index (χ0) is 20.8. The van der Waals surface area contributed by atoms with E-state index in [0.29, 0.717) is 33.7 Å². The number of carbonyl (C=O) groups excluding carboxylic acids is 1. The van der Waals surface area contributed by atoms with Crippen molar-refractivity contribution in [3.63, 3.8) is 0 Å². The number of aryl methyl sites for hydroxylation is 1. The molecule has 7 heteroatoms. The van der Waals surface area contributed by atoms with Crippen LogP contribution in [0.15, 0.2) is 42.5 Å². The van der Waals surface area contributed by atoms with E-state index in [0.717, 1.165) is 24.0 Å². The first-order valence-electron chi connectivity index (χ1n) is 9.51. The maximum atomic E-state index is 13.2. The van der Waals surface area contributed by atoms with Crippen LogP contribution in [0.2, 0.25) is 0 Å². The number of aromatic nitrogens is 2. The van der Waals surface area contributed by atoms with Crippen LogP contribution in [0.4, 0.5) is 5.13 Å². The number of carbonyl (C=O) groups is 1. The Bertz CT molecular complexity index is 965. The molecule has 0 saturated heterocycles. The fourth-order valence-electron chi connectivity index (χ4n) is 2.93. The minimum Gasteiger partial charge on any atom is -0.497 e. The molecule has 3 rings (SSSR count). The highest BCUT2D eigenvalue weighted by Crippen LogP contribution is 2.34. The van der Waals surface area contributed by atoms with E-state index >= 15 is 0 Å². The molecule has 152 valence electrons. The summed E-state index contributed by atoms with van der Waals surface area (Å²) in [6.07, 6.45) is 1.87. The second kappa shape index (κ2) is 9.52. The van der Waals surface area contributed by atoms with Crippen molar-refractivity contribution in [1.82, 2.24) is 10.2 Å². The van der Waals surface area contributed by atoms with Crippen molar-refractivity contribution < 1.29 is 14.3 Å². The Morgan fingerprint density at radius 1 is 1.07 bits per heavy atom. The Labute approximate surface area is 175 Å². The SMILES string of the molecule is CCCCN(C(=O)c1ccccc1C)c1nnc(-c2cc(OC)cc(OC)c2)s1. The van der Waals surface area contributed by atoms with Crippen molar-refractivity contribution in [1.29, 1.82) is 0 Å². The predicted octanol–water partition coefficient (Wildman–Crippen LogP) is 4.98. The third-order valence-electron chi connectivity index (χ3n) is 4.60. The number of amides is 1. The predicted molar refractivity (Wildman–Crippen MR) is 116 cm³/mol. The fourth-order valence-corrected chi connectivity index (χ4v) is 3.79. The first kappa shape index (κ1) is 20.8. The quantitative estimate of drug-likeness (QED) is 0.523. The molecule has 0 N–H and O–H groups in total. The fraction of sp³-hybridized carbons (Fsp3) is 0.318. The second-order valence-electron chi connectivity index (χ2n) is 6.62. The van der Waals surface area contributed by atoms with Crippen LogP contribution in [0.3, 0.4) is 0 Å². The van der Waals surface area contributed by atoms with E-state index in [-0.39, 0.29) is 5.91 Å². The van der Waals surface area contributed by atoms with E-state index < -0.39 is 0 Å². The number of rotatable bonds is 8. The molecule has 29 heavy (non-hydrogen) atoms. The van der Waals surface area contributed by atoms with Crippen molar-refractivity contribution in [3.05, 3.63) is 53.6 Å². The van der Waals surface area contributed by atoms with E-state index in [1.54, 1.807) is 25.2 Å². The number of unbranched alkanes of at least 4 members (excludes halogenated alkanes) is 1. The Morgan fingerprint density at radius 2 is 1.76 bits per heavy atom. The summed E-state index contributed by atoms with van der Waals surface area (Å²) in [7, 11) is 3.22. The minimum atomic E-state index is -0.0533. The van der Waals surface area contributed by atoms with E-state index in [1.807, 2.05) is 43.3 Å². The zero-order valence-electron chi connectivity index (χ0n) is 17.1. The van der Waals surface area contributed by atoms with Gasteiger partial charge in [-0.1, -0.05) is 42.9 Å². The highest BCUT2D eigenvalue weighted by molar-refractivity contribution is 7.18. The number of ether oxygens (including phenoxy) is 2. The normalized spacial score (nSPS) is 10.6. The van der Waals surface area contributed by atoms with Crippen LogP contribution in [-0.2, 0) is 0 Å². The van der Waals surface area contributed by atoms with Gasteiger partial charge in [-0.15, -0.1) is 10.2 Å². The van der Waals surface area contributed by atoms with Gasteiger partial charge in [-0.3, -0.25) is 9.69 Å². The molecular formula is C22H25N3O3S. The van der Waals surface area contributed by atoms with Gasteiger partial charge < -0.3 is 9.47 Å². The van der Waals surface area contributed by atoms with Crippen molar-refractivity contribution in [2.45, 2.75) is 26.7 Å². The van der Waals surface area contributed by atoms with Crippen LogP contribution in [0.5, 0.6) is 11.5 Å². The summed E-state index contributed by atoms with van der Waals surface area (Å²) in [5.41, 5.74) is 2.47. The first-order chi connectivity index (χ1) is 14.1. The lowest BCUT2D eigenvalue weighted by Gasteiger charge is -2.20. The Hall–Kier alpha value is -2.93. The summed E-state index contributed by atoms with van der Waals surface area (Å²) in [5.74, 6) is 1.30. The number of hydrogen-bond acceptors (Lipinski definition) is 6. The number of hydrogen-bond donors (Lipinski definition) is 0. The molecule has 0 aliphatic heterocycles. The molecule has 6 nitrogen and oxygen atoms in total. The van der Waals surface area contributed by atoms with Gasteiger partial charge in [-0.05, 0) is 37.1 Å². The molecule has 0 spiro atoms. The summed E-state index contributed by atoms with van der Waals surface area (Å²) in [6, 6.07) is 13.2. The standard InChI is InChI=1S/C22H25N3O3S/c1-5-6-11-25(21(26)19-10-8-7-9-15(19)2)22-24-23-20(29-22)16-12-17(27-3)14-18(13-16)28-4/h7-10,12-14H,5-6,11H2,1-4H3. The van der Waals surface area contributed by atoms with Gasteiger partial charge in [0.15, 0.2) is 0 Å². The van der Waals surface area contributed by atoms with Crippen molar-refractivity contribution in [3.8, 4) is 22.1 Å². The van der Waals surface area contributed by atoms with Gasteiger partial charge >= 0.3 is 0 Å². The highest BCUT2D eigenvalue weighted by Gasteiger charge is 2.23. The molecule has 0 atom stereocenters. The summed E-state index contributed by atoms with van der Waals surface area (Å²) < 4.78 is 10.7. The van der Waals surface area contributed by atoms with Crippen LogP contribution >= 0.6 is 11.3 Å². The highest BCUT2D eigenvalue weighted by atomic mass is 32.1. The van der Waals surface area contributed by atoms with Crippen LogP contribution < -0.4 is 14.4 Å². The molecule has 1 amide bonds. The number of methoxy groups -OCH3 is 2. The van der Waals surface area contributed by atoms with Crippen LogP contribution in [-0.4, -0.2) is 36.9 Å². The summed E-state index contributed by atoms with van der Waals surface area (Å²) in [4.78, 5) is 15.0. The summed E-state index contributed by atoms with van der Waals surface area (Å²) in [5, 5.41) is 9.94. The lowest BCUT2D eigenvalue weighted by atomic mass is 10.1. The molecule has 0 fully saturated rings. The molecular weight excluding hydrogens is 386 g/mol. The smallest absolute Gasteiger partial charge is 0.260 e. The molecule has 1 aromatic heterocycles. The summed E-state index contributed by atoms with van der Waals surface area (Å²) >= 11 is 1.38. The molecule has 1 heterocycles. The van der Waals surface area contributed by atoms with Gasteiger partial charge in [0.05, 0.1) is 14.2 Å². The van der Waals surface area contributed by atoms with Crippen LogP contribution in [0, 0.1) is 6.92 Å². The zero-order valence-corrected chi connectivity index (χ0v) is 18.0. The van der Waals surface area contributed by atoms with Crippen molar-refractivity contribution >= 4 is 22.4 Å². The minimum absolute atomic E-state index is 0.0533. The number of anilines is 1. The lowest BCUT2D eigenvalue weighted by molar-refractivity contribution is 0.0986. The van der Waals surface area contributed by atoms with Gasteiger partial charge in [-0.2, -0.15) is 0 Å². The summed E-state index contributed by atoms with van der Waals surface area (Å²) in [6.45, 7) is 4.64. The van der Waals surface area contributed by atoms with Crippen molar-refractivity contribution in [2.75, 3.05) is 25.7 Å². The van der Waals surface area contributed by atoms with Gasteiger partial charge in [-0.25, -0.2) is 0 Å². The van der Waals surface area contributed by atoms with Gasteiger partial charge in [0.25, 0.3) is 5.91 Å². The van der Waals surface area contributed by atoms with Crippen LogP contribution in [0.1, 0.15) is 35.7 Å². The maximum absolute atomic E-state index is 13.2. The third kappa shape index (κ3) is 4.74. The molecule has 2 aromatic carbocycles.